The van der Waals surface area contributed by atoms with Crippen molar-refractivity contribution in [2.75, 3.05) is 44.8 Å². The maximum Gasteiger partial charge on any atom is 0.0743 e. The molecule has 0 aliphatic carbocycles. The summed E-state index contributed by atoms with van der Waals surface area (Å²) in [6.45, 7) is 12.3. The third-order valence-corrected chi connectivity index (χ3v) is 5.73. The van der Waals surface area contributed by atoms with Gasteiger partial charge in [0, 0.05) is 31.8 Å². The van der Waals surface area contributed by atoms with Crippen molar-refractivity contribution >= 4 is 17.3 Å². The third kappa shape index (κ3) is 5.59. The molecule has 26 heavy (non-hydrogen) atoms. The van der Waals surface area contributed by atoms with Crippen LogP contribution >= 0.6 is 11.6 Å². The van der Waals surface area contributed by atoms with Gasteiger partial charge in [-0.2, -0.15) is 0 Å². The highest BCUT2D eigenvalue weighted by Gasteiger charge is 2.28. The van der Waals surface area contributed by atoms with Gasteiger partial charge in [-0.25, -0.2) is 0 Å². The zero-order valence-corrected chi connectivity index (χ0v) is 17.1. The highest BCUT2D eigenvalue weighted by atomic mass is 35.5. The number of rotatable bonds is 5. The van der Waals surface area contributed by atoms with Crippen LogP contribution in [0, 0.1) is 5.92 Å². The van der Waals surface area contributed by atoms with Crippen LogP contribution in [0.1, 0.15) is 39.2 Å². The molecule has 5 heteroatoms. The molecule has 0 bridgehead atoms. The van der Waals surface area contributed by atoms with E-state index in [-0.39, 0.29) is 11.6 Å². The van der Waals surface area contributed by atoms with E-state index in [0.717, 1.165) is 63.0 Å². The van der Waals surface area contributed by atoms with Gasteiger partial charge in [-0.05, 0) is 63.6 Å². The smallest absolute Gasteiger partial charge is 0.0743 e. The number of halogens is 1. The molecule has 0 amide bonds. The molecule has 146 valence electrons. The van der Waals surface area contributed by atoms with E-state index >= 15 is 0 Å². The summed E-state index contributed by atoms with van der Waals surface area (Å²) in [5.41, 5.74) is 2.44. The number of hydrogen-bond donors (Lipinski definition) is 1. The highest BCUT2D eigenvalue weighted by molar-refractivity contribution is 6.33. The minimum absolute atomic E-state index is 0.191. The van der Waals surface area contributed by atoms with Crippen molar-refractivity contribution in [2.24, 2.45) is 5.92 Å². The molecule has 1 unspecified atom stereocenters. The van der Waals surface area contributed by atoms with E-state index in [1.54, 1.807) is 0 Å². The van der Waals surface area contributed by atoms with E-state index in [4.69, 9.17) is 21.1 Å². The lowest BCUT2D eigenvalue weighted by Gasteiger charge is -2.41. The van der Waals surface area contributed by atoms with Crippen LogP contribution in [0.25, 0.3) is 0 Å². The average molecular weight is 381 g/mol. The van der Waals surface area contributed by atoms with Crippen LogP contribution in [-0.2, 0) is 15.9 Å². The van der Waals surface area contributed by atoms with Gasteiger partial charge in [-0.15, -0.1) is 0 Å². The maximum atomic E-state index is 6.52. The monoisotopic (exact) mass is 380 g/mol. The SMILES string of the molecule is CC(C)(C)N1CCOC(Cc2ccc(NC[C@H]3CCCOC3)c(Cl)c2)C1. The zero-order chi connectivity index (χ0) is 18.6. The van der Waals surface area contributed by atoms with Gasteiger partial charge in [0.15, 0.2) is 0 Å². The van der Waals surface area contributed by atoms with Gasteiger partial charge in [0.2, 0.25) is 0 Å². The third-order valence-electron chi connectivity index (χ3n) is 5.42. The minimum atomic E-state index is 0.191. The highest BCUT2D eigenvalue weighted by Crippen LogP contribution is 2.26. The van der Waals surface area contributed by atoms with Crippen LogP contribution in [0.3, 0.4) is 0 Å². The molecular formula is C21H33ClN2O2. The summed E-state index contributed by atoms with van der Waals surface area (Å²) in [4.78, 5) is 2.50. The van der Waals surface area contributed by atoms with Crippen molar-refractivity contribution in [3.8, 4) is 0 Å². The van der Waals surface area contributed by atoms with Crippen LogP contribution in [0.15, 0.2) is 18.2 Å². The normalized spacial score (nSPS) is 25.2. The molecule has 2 saturated heterocycles. The van der Waals surface area contributed by atoms with Crippen molar-refractivity contribution in [2.45, 2.75) is 51.7 Å². The fourth-order valence-corrected chi connectivity index (χ4v) is 4.04. The van der Waals surface area contributed by atoms with E-state index in [0.29, 0.717) is 5.92 Å². The minimum Gasteiger partial charge on any atom is -0.383 e. The topological polar surface area (TPSA) is 33.7 Å². The van der Waals surface area contributed by atoms with Crippen LogP contribution in [0.5, 0.6) is 0 Å². The Hall–Kier alpha value is -0.810. The number of anilines is 1. The Morgan fingerprint density at radius 2 is 2.12 bits per heavy atom. The van der Waals surface area contributed by atoms with Crippen molar-refractivity contribution in [1.29, 1.82) is 0 Å². The first kappa shape index (κ1) is 19.9. The molecule has 4 nitrogen and oxygen atoms in total. The summed E-state index contributed by atoms with van der Waals surface area (Å²) in [5, 5.41) is 4.28. The van der Waals surface area contributed by atoms with Crippen molar-refractivity contribution in [3.63, 3.8) is 0 Å². The van der Waals surface area contributed by atoms with Crippen molar-refractivity contribution < 1.29 is 9.47 Å². The number of morpholine rings is 1. The molecule has 1 N–H and O–H groups in total. The van der Waals surface area contributed by atoms with Crippen LogP contribution < -0.4 is 5.32 Å². The number of benzene rings is 1. The van der Waals surface area contributed by atoms with Gasteiger partial charge in [-0.1, -0.05) is 17.7 Å². The molecule has 0 spiro atoms. The summed E-state index contributed by atoms with van der Waals surface area (Å²) in [5.74, 6) is 0.582. The molecule has 3 rings (SSSR count). The summed E-state index contributed by atoms with van der Waals surface area (Å²) in [7, 11) is 0. The quantitative estimate of drug-likeness (QED) is 0.829. The Bertz CT molecular complexity index is 582. The molecule has 0 aromatic heterocycles. The Balaban J connectivity index is 1.53. The molecule has 2 aliphatic rings. The Kier molecular flexibility index (Phi) is 6.84. The van der Waals surface area contributed by atoms with Crippen molar-refractivity contribution in [1.82, 2.24) is 4.90 Å². The fraction of sp³-hybridized carbons (Fsp3) is 0.714. The van der Waals surface area contributed by atoms with E-state index in [9.17, 15) is 0 Å². The number of nitrogens with one attached hydrogen (secondary N) is 1. The molecule has 2 atom stereocenters. The number of nitrogens with zero attached hydrogens (tertiary/aromatic N) is 1. The summed E-state index contributed by atoms with van der Waals surface area (Å²) in [6.07, 6.45) is 3.53. The largest absolute Gasteiger partial charge is 0.383 e. The molecule has 0 radical (unpaired) electrons. The van der Waals surface area contributed by atoms with Crippen LogP contribution in [-0.4, -0.2) is 56.0 Å². The van der Waals surface area contributed by atoms with Gasteiger partial charge < -0.3 is 14.8 Å². The Morgan fingerprint density at radius 1 is 1.27 bits per heavy atom. The Labute approximate surface area is 163 Å². The molecule has 0 saturated carbocycles. The van der Waals surface area contributed by atoms with Crippen molar-refractivity contribution in [3.05, 3.63) is 28.8 Å². The first-order valence-corrected chi connectivity index (χ1v) is 10.3. The van der Waals surface area contributed by atoms with Gasteiger partial charge in [0.1, 0.15) is 0 Å². The molecular weight excluding hydrogens is 348 g/mol. The zero-order valence-electron chi connectivity index (χ0n) is 16.4. The summed E-state index contributed by atoms with van der Waals surface area (Å²) in [6, 6.07) is 6.36. The second kappa shape index (κ2) is 8.92. The van der Waals surface area contributed by atoms with E-state index in [1.165, 1.54) is 12.0 Å². The first-order chi connectivity index (χ1) is 12.4. The predicted octanol–water partition coefficient (Wildman–Crippen LogP) is 4.22. The standard InChI is InChI=1S/C21H33ClN2O2/c1-21(2,3)24-8-10-26-18(14-24)11-16-6-7-20(19(22)12-16)23-13-17-5-4-9-25-15-17/h6-7,12,17-18,23H,4-5,8-11,13-15H2,1-3H3/t17-,18?/m1/s1. The number of ether oxygens (including phenoxy) is 2. The summed E-state index contributed by atoms with van der Waals surface area (Å²) < 4.78 is 11.5. The lowest BCUT2D eigenvalue weighted by atomic mass is 10.0. The molecule has 2 aliphatic heterocycles. The van der Waals surface area contributed by atoms with Gasteiger partial charge >= 0.3 is 0 Å². The lowest BCUT2D eigenvalue weighted by Crippen LogP contribution is -2.51. The average Bonchev–Trinajstić information content (AvgIpc) is 2.61. The summed E-state index contributed by atoms with van der Waals surface area (Å²) >= 11 is 6.52. The molecule has 1 aromatic rings. The van der Waals surface area contributed by atoms with Crippen LogP contribution in [0.2, 0.25) is 5.02 Å². The maximum absolute atomic E-state index is 6.52. The second-order valence-corrected chi connectivity index (χ2v) is 9.00. The van der Waals surface area contributed by atoms with Gasteiger partial charge in [-0.3, -0.25) is 4.90 Å². The van der Waals surface area contributed by atoms with E-state index in [2.05, 4.69) is 49.2 Å². The van der Waals surface area contributed by atoms with Gasteiger partial charge in [0.25, 0.3) is 0 Å². The lowest BCUT2D eigenvalue weighted by molar-refractivity contribution is -0.0571. The van der Waals surface area contributed by atoms with E-state index in [1.807, 2.05) is 0 Å². The van der Waals surface area contributed by atoms with E-state index < -0.39 is 0 Å². The molecule has 2 heterocycles. The second-order valence-electron chi connectivity index (χ2n) is 8.59. The fourth-order valence-electron chi connectivity index (χ4n) is 3.77. The molecule has 1 aromatic carbocycles. The van der Waals surface area contributed by atoms with Gasteiger partial charge in [0.05, 0.1) is 30.0 Å². The predicted molar refractivity (Wildman–Crippen MR) is 108 cm³/mol. The van der Waals surface area contributed by atoms with Crippen LogP contribution in [0.4, 0.5) is 5.69 Å². The number of hydrogen-bond acceptors (Lipinski definition) is 4. The first-order valence-electron chi connectivity index (χ1n) is 9.88. The molecule has 2 fully saturated rings. The Morgan fingerprint density at radius 3 is 2.81 bits per heavy atom.